The molecule has 0 saturated heterocycles. The van der Waals surface area contributed by atoms with Crippen LogP contribution in [0.15, 0.2) is 18.2 Å². The lowest BCUT2D eigenvalue weighted by Crippen LogP contribution is -2.22. The van der Waals surface area contributed by atoms with E-state index in [4.69, 9.17) is 4.74 Å². The average Bonchev–Trinajstić information content (AvgIpc) is 2.24. The Balaban J connectivity index is 2.76. The van der Waals surface area contributed by atoms with E-state index in [0.29, 0.717) is 18.3 Å². The van der Waals surface area contributed by atoms with E-state index < -0.39 is 13.0 Å². The molecular weight excluding hydrogens is 224 g/mol. The van der Waals surface area contributed by atoms with E-state index in [9.17, 15) is 8.78 Å². The fourth-order valence-electron chi connectivity index (χ4n) is 1.52. The van der Waals surface area contributed by atoms with Crippen molar-refractivity contribution in [3.8, 4) is 5.75 Å². The van der Waals surface area contributed by atoms with Crippen LogP contribution < -0.4 is 10.1 Å². The Morgan fingerprint density at radius 1 is 1.29 bits per heavy atom. The zero-order chi connectivity index (χ0) is 12.8. The van der Waals surface area contributed by atoms with Gasteiger partial charge in [-0.3, -0.25) is 0 Å². The summed E-state index contributed by atoms with van der Waals surface area (Å²) in [7, 11) is 0. The van der Waals surface area contributed by atoms with Gasteiger partial charge < -0.3 is 10.1 Å². The van der Waals surface area contributed by atoms with Crippen molar-refractivity contribution < 1.29 is 13.5 Å². The van der Waals surface area contributed by atoms with Crippen molar-refractivity contribution >= 4 is 0 Å². The molecule has 0 heterocycles. The lowest BCUT2D eigenvalue weighted by atomic mass is 10.1. The largest absolute Gasteiger partial charge is 0.487 e. The van der Waals surface area contributed by atoms with Gasteiger partial charge in [0.25, 0.3) is 6.43 Å². The maximum Gasteiger partial charge on any atom is 0.272 e. The second kappa shape index (κ2) is 6.55. The predicted molar refractivity (Wildman–Crippen MR) is 64.7 cm³/mol. The van der Waals surface area contributed by atoms with E-state index in [1.165, 1.54) is 0 Å². The first-order valence-corrected chi connectivity index (χ1v) is 5.73. The summed E-state index contributed by atoms with van der Waals surface area (Å²) in [6.07, 6.45) is -2.44. The third kappa shape index (κ3) is 4.69. The Bertz CT molecular complexity index is 353. The summed E-state index contributed by atoms with van der Waals surface area (Å²) in [5.41, 5.74) is 1.80. The van der Waals surface area contributed by atoms with Gasteiger partial charge in [-0.05, 0) is 12.5 Å². The number of alkyl halides is 2. The van der Waals surface area contributed by atoms with Crippen molar-refractivity contribution in [1.82, 2.24) is 5.32 Å². The molecule has 1 N–H and O–H groups in total. The molecule has 0 amide bonds. The van der Waals surface area contributed by atoms with Gasteiger partial charge in [0.15, 0.2) is 0 Å². The molecule has 96 valence electrons. The normalized spacial score (nSPS) is 11.2. The first-order chi connectivity index (χ1) is 8.00. The molecule has 0 aliphatic carbocycles. The van der Waals surface area contributed by atoms with Crippen molar-refractivity contribution in [3.63, 3.8) is 0 Å². The maximum absolute atomic E-state index is 12.2. The zero-order valence-corrected chi connectivity index (χ0v) is 10.5. The summed E-state index contributed by atoms with van der Waals surface area (Å²) < 4.78 is 29.5. The SMILES string of the molecule is Cc1cccc(CNC(C)C)c1OCC(F)F. The highest BCUT2D eigenvalue weighted by Crippen LogP contribution is 2.23. The Kier molecular flexibility index (Phi) is 5.35. The molecule has 1 rings (SSSR count). The predicted octanol–water partition coefficient (Wildman–Crippen LogP) is 3.14. The zero-order valence-electron chi connectivity index (χ0n) is 10.5. The average molecular weight is 243 g/mol. The lowest BCUT2D eigenvalue weighted by Gasteiger charge is -2.15. The minimum Gasteiger partial charge on any atom is -0.487 e. The standard InChI is InChI=1S/C13H19F2NO/c1-9(2)16-7-11-6-4-5-10(3)13(11)17-8-12(14)15/h4-6,9,12,16H,7-8H2,1-3H3. The fraction of sp³-hybridized carbons (Fsp3) is 0.538. The summed E-state index contributed by atoms with van der Waals surface area (Å²) in [5, 5.41) is 3.25. The molecule has 0 aromatic heterocycles. The third-order valence-electron chi connectivity index (χ3n) is 2.35. The number of hydrogen-bond acceptors (Lipinski definition) is 2. The quantitative estimate of drug-likeness (QED) is 0.828. The second-order valence-corrected chi connectivity index (χ2v) is 4.30. The number of rotatable bonds is 6. The topological polar surface area (TPSA) is 21.3 Å². The monoisotopic (exact) mass is 243 g/mol. The van der Waals surface area contributed by atoms with Crippen LogP contribution in [0.3, 0.4) is 0 Å². The molecule has 1 aromatic carbocycles. The van der Waals surface area contributed by atoms with Crippen molar-refractivity contribution in [2.75, 3.05) is 6.61 Å². The molecule has 0 unspecified atom stereocenters. The van der Waals surface area contributed by atoms with Crippen molar-refractivity contribution in [2.45, 2.75) is 39.8 Å². The molecular formula is C13H19F2NO. The van der Waals surface area contributed by atoms with Gasteiger partial charge in [0.1, 0.15) is 12.4 Å². The molecule has 17 heavy (non-hydrogen) atoms. The van der Waals surface area contributed by atoms with Crippen molar-refractivity contribution in [3.05, 3.63) is 29.3 Å². The van der Waals surface area contributed by atoms with Gasteiger partial charge in [-0.15, -0.1) is 0 Å². The van der Waals surface area contributed by atoms with Gasteiger partial charge in [-0.1, -0.05) is 32.0 Å². The number of para-hydroxylation sites is 1. The maximum atomic E-state index is 12.2. The van der Waals surface area contributed by atoms with Gasteiger partial charge in [-0.2, -0.15) is 0 Å². The third-order valence-corrected chi connectivity index (χ3v) is 2.35. The summed E-state index contributed by atoms with van der Waals surface area (Å²) >= 11 is 0. The molecule has 0 radical (unpaired) electrons. The summed E-state index contributed by atoms with van der Waals surface area (Å²) in [6.45, 7) is 6.00. The number of benzene rings is 1. The van der Waals surface area contributed by atoms with Crippen LogP contribution in [-0.2, 0) is 6.54 Å². The van der Waals surface area contributed by atoms with Crippen molar-refractivity contribution in [2.24, 2.45) is 0 Å². The van der Waals surface area contributed by atoms with E-state index in [0.717, 1.165) is 11.1 Å². The van der Waals surface area contributed by atoms with Crippen LogP contribution >= 0.6 is 0 Å². The molecule has 4 heteroatoms. The minimum absolute atomic E-state index is 0.346. The van der Waals surface area contributed by atoms with Crippen LogP contribution in [0.2, 0.25) is 0 Å². The summed E-state index contributed by atoms with van der Waals surface area (Å²) in [5.74, 6) is 0.570. The number of halogens is 2. The van der Waals surface area contributed by atoms with Gasteiger partial charge in [0.2, 0.25) is 0 Å². The highest BCUT2D eigenvalue weighted by molar-refractivity contribution is 5.40. The van der Waals surface area contributed by atoms with Crippen LogP contribution in [0.5, 0.6) is 5.75 Å². The highest BCUT2D eigenvalue weighted by Gasteiger charge is 2.10. The van der Waals surface area contributed by atoms with E-state index in [1.54, 1.807) is 0 Å². The summed E-state index contributed by atoms with van der Waals surface area (Å²) in [4.78, 5) is 0. The van der Waals surface area contributed by atoms with Gasteiger partial charge >= 0.3 is 0 Å². The molecule has 0 bridgehead atoms. The molecule has 1 aromatic rings. The Hall–Kier alpha value is -1.16. The van der Waals surface area contributed by atoms with Gasteiger partial charge in [0.05, 0.1) is 0 Å². The van der Waals surface area contributed by atoms with Crippen LogP contribution in [-0.4, -0.2) is 19.1 Å². The first-order valence-electron chi connectivity index (χ1n) is 5.73. The van der Waals surface area contributed by atoms with Crippen LogP contribution in [0.4, 0.5) is 8.78 Å². The number of nitrogens with one attached hydrogen (secondary N) is 1. The smallest absolute Gasteiger partial charge is 0.272 e. The van der Waals surface area contributed by atoms with E-state index in [1.807, 2.05) is 39.0 Å². The van der Waals surface area contributed by atoms with Crippen LogP contribution in [0, 0.1) is 6.92 Å². The molecule has 0 spiro atoms. The lowest BCUT2D eigenvalue weighted by molar-refractivity contribution is 0.0810. The highest BCUT2D eigenvalue weighted by atomic mass is 19.3. The van der Waals surface area contributed by atoms with Gasteiger partial charge in [0, 0.05) is 18.2 Å². The molecule has 0 saturated carbocycles. The van der Waals surface area contributed by atoms with E-state index >= 15 is 0 Å². The summed E-state index contributed by atoms with van der Waals surface area (Å²) in [6, 6.07) is 6.00. The van der Waals surface area contributed by atoms with Crippen LogP contribution in [0.1, 0.15) is 25.0 Å². The fourth-order valence-corrected chi connectivity index (χ4v) is 1.52. The van der Waals surface area contributed by atoms with E-state index in [-0.39, 0.29) is 0 Å². The Labute approximate surface area is 101 Å². The van der Waals surface area contributed by atoms with E-state index in [2.05, 4.69) is 5.32 Å². The van der Waals surface area contributed by atoms with Gasteiger partial charge in [-0.25, -0.2) is 8.78 Å². The Morgan fingerprint density at radius 2 is 2.00 bits per heavy atom. The molecule has 0 fully saturated rings. The minimum atomic E-state index is -2.44. The second-order valence-electron chi connectivity index (χ2n) is 4.30. The molecule has 0 aliphatic heterocycles. The number of hydrogen-bond donors (Lipinski definition) is 1. The molecule has 0 atom stereocenters. The number of aryl methyl sites for hydroxylation is 1. The molecule has 2 nitrogen and oxygen atoms in total. The number of ether oxygens (including phenoxy) is 1. The first kappa shape index (κ1) is 13.9. The van der Waals surface area contributed by atoms with Crippen LogP contribution in [0.25, 0.3) is 0 Å². The Morgan fingerprint density at radius 3 is 2.59 bits per heavy atom. The van der Waals surface area contributed by atoms with Crippen molar-refractivity contribution in [1.29, 1.82) is 0 Å². The molecule has 0 aliphatic rings.